The summed E-state index contributed by atoms with van der Waals surface area (Å²) in [5.41, 5.74) is 9.28. The first kappa shape index (κ1) is 15.5. The van der Waals surface area contributed by atoms with Gasteiger partial charge in [0.2, 0.25) is 0 Å². The van der Waals surface area contributed by atoms with E-state index in [0.717, 1.165) is 17.7 Å². The number of aryl methyl sites for hydroxylation is 1. The number of nitrogens with zero attached hydrogens (tertiary/aromatic N) is 1. The predicted octanol–water partition coefficient (Wildman–Crippen LogP) is 3.53. The van der Waals surface area contributed by atoms with E-state index in [2.05, 4.69) is 50.1 Å². The third kappa shape index (κ3) is 3.61. The molecule has 2 nitrogen and oxygen atoms in total. The Morgan fingerprint density at radius 1 is 1.14 bits per heavy atom. The van der Waals surface area contributed by atoms with Crippen LogP contribution in [0.25, 0.3) is 0 Å². The molecule has 2 aromatic rings. The zero-order valence-electron chi connectivity index (χ0n) is 12.9. The Bertz CT molecular complexity index is 594. The molecule has 1 unspecified atom stereocenters. The summed E-state index contributed by atoms with van der Waals surface area (Å²) < 4.78 is 13.0. The molecule has 0 spiro atoms. The van der Waals surface area contributed by atoms with Gasteiger partial charge in [0.1, 0.15) is 5.82 Å². The third-order valence-electron chi connectivity index (χ3n) is 4.14. The van der Waals surface area contributed by atoms with Gasteiger partial charge in [-0.2, -0.15) is 0 Å². The number of nitrogens with two attached hydrogens (primary N) is 1. The molecule has 0 aromatic heterocycles. The highest BCUT2D eigenvalue weighted by Crippen LogP contribution is 2.26. The van der Waals surface area contributed by atoms with Gasteiger partial charge >= 0.3 is 0 Å². The molecule has 2 N–H and O–H groups in total. The molecule has 0 bridgehead atoms. The SMILES string of the molecule is Cc1cccc(N(C)C(C)(CN)Cc2ccc(F)cc2)c1. The quantitative estimate of drug-likeness (QED) is 0.911. The van der Waals surface area contributed by atoms with Crippen LogP contribution in [0.3, 0.4) is 0 Å². The van der Waals surface area contributed by atoms with Crippen molar-refractivity contribution in [1.82, 2.24) is 0 Å². The lowest BCUT2D eigenvalue weighted by Gasteiger charge is -2.40. The Labute approximate surface area is 126 Å². The average molecular weight is 286 g/mol. The number of halogens is 1. The van der Waals surface area contributed by atoms with Gasteiger partial charge in [0.25, 0.3) is 0 Å². The molecule has 0 aliphatic carbocycles. The van der Waals surface area contributed by atoms with Gasteiger partial charge in [-0.1, -0.05) is 24.3 Å². The average Bonchev–Trinajstić information content (AvgIpc) is 2.48. The summed E-state index contributed by atoms with van der Waals surface area (Å²) in [4.78, 5) is 2.21. The van der Waals surface area contributed by atoms with E-state index in [1.54, 1.807) is 0 Å². The Morgan fingerprint density at radius 2 is 1.81 bits per heavy atom. The van der Waals surface area contributed by atoms with Crippen LogP contribution in [0.1, 0.15) is 18.1 Å². The molecule has 0 saturated carbocycles. The summed E-state index contributed by atoms with van der Waals surface area (Å²) in [7, 11) is 2.06. The summed E-state index contributed by atoms with van der Waals surface area (Å²) in [6.45, 7) is 4.74. The van der Waals surface area contributed by atoms with Crippen molar-refractivity contribution in [3.63, 3.8) is 0 Å². The smallest absolute Gasteiger partial charge is 0.123 e. The highest BCUT2D eigenvalue weighted by Gasteiger charge is 2.28. The first-order valence-electron chi connectivity index (χ1n) is 7.20. The van der Waals surface area contributed by atoms with Crippen LogP contribution < -0.4 is 10.6 Å². The number of benzene rings is 2. The maximum atomic E-state index is 13.0. The molecule has 21 heavy (non-hydrogen) atoms. The molecule has 2 aromatic carbocycles. The third-order valence-corrected chi connectivity index (χ3v) is 4.14. The van der Waals surface area contributed by atoms with Crippen molar-refractivity contribution in [2.24, 2.45) is 5.73 Å². The zero-order valence-corrected chi connectivity index (χ0v) is 12.9. The van der Waals surface area contributed by atoms with Gasteiger partial charge < -0.3 is 10.6 Å². The van der Waals surface area contributed by atoms with E-state index in [0.29, 0.717) is 6.54 Å². The van der Waals surface area contributed by atoms with Gasteiger partial charge in [0.05, 0.1) is 5.54 Å². The van der Waals surface area contributed by atoms with E-state index in [1.807, 2.05) is 12.1 Å². The molecule has 0 aliphatic heterocycles. The van der Waals surface area contributed by atoms with Gasteiger partial charge in [-0.05, 0) is 55.7 Å². The van der Waals surface area contributed by atoms with Crippen LogP contribution in [0.15, 0.2) is 48.5 Å². The molecule has 0 aliphatic rings. The summed E-state index contributed by atoms with van der Waals surface area (Å²) in [5, 5.41) is 0. The largest absolute Gasteiger partial charge is 0.368 e. The second-order valence-electron chi connectivity index (χ2n) is 5.90. The van der Waals surface area contributed by atoms with Gasteiger partial charge in [-0.15, -0.1) is 0 Å². The molecule has 0 amide bonds. The molecule has 112 valence electrons. The van der Waals surface area contributed by atoms with E-state index < -0.39 is 0 Å². The van der Waals surface area contributed by atoms with E-state index in [-0.39, 0.29) is 11.4 Å². The number of hydrogen-bond acceptors (Lipinski definition) is 2. The van der Waals surface area contributed by atoms with Gasteiger partial charge in [0, 0.05) is 19.3 Å². The summed E-state index contributed by atoms with van der Waals surface area (Å²) in [6.07, 6.45) is 0.772. The topological polar surface area (TPSA) is 29.3 Å². The fraction of sp³-hybridized carbons (Fsp3) is 0.333. The zero-order chi connectivity index (χ0) is 15.5. The van der Waals surface area contributed by atoms with Gasteiger partial charge in [-0.25, -0.2) is 4.39 Å². The number of rotatable bonds is 5. The normalized spacial score (nSPS) is 13.8. The van der Waals surface area contributed by atoms with Crippen LogP contribution in [-0.4, -0.2) is 19.1 Å². The van der Waals surface area contributed by atoms with Crippen LogP contribution in [0, 0.1) is 12.7 Å². The lowest BCUT2D eigenvalue weighted by Crippen LogP contribution is -2.51. The van der Waals surface area contributed by atoms with Crippen molar-refractivity contribution in [3.8, 4) is 0 Å². The summed E-state index contributed by atoms with van der Waals surface area (Å²) in [5.74, 6) is -0.208. The Morgan fingerprint density at radius 3 is 2.38 bits per heavy atom. The lowest BCUT2D eigenvalue weighted by molar-refractivity contribution is 0.449. The van der Waals surface area contributed by atoms with Crippen LogP contribution in [0.4, 0.5) is 10.1 Å². The van der Waals surface area contributed by atoms with Crippen LogP contribution in [0.2, 0.25) is 0 Å². The van der Waals surface area contributed by atoms with E-state index in [1.165, 1.54) is 17.7 Å². The first-order chi connectivity index (χ1) is 9.94. The van der Waals surface area contributed by atoms with Crippen molar-refractivity contribution in [2.45, 2.75) is 25.8 Å². The number of hydrogen-bond donors (Lipinski definition) is 1. The fourth-order valence-electron chi connectivity index (χ4n) is 2.52. The van der Waals surface area contributed by atoms with Gasteiger partial charge in [-0.3, -0.25) is 0 Å². The monoisotopic (exact) mass is 286 g/mol. The van der Waals surface area contributed by atoms with Crippen molar-refractivity contribution >= 4 is 5.69 Å². The second kappa shape index (κ2) is 6.27. The fourth-order valence-corrected chi connectivity index (χ4v) is 2.52. The molecule has 0 heterocycles. The highest BCUT2D eigenvalue weighted by molar-refractivity contribution is 5.50. The summed E-state index contributed by atoms with van der Waals surface area (Å²) in [6, 6.07) is 15.0. The van der Waals surface area contributed by atoms with Gasteiger partial charge in [0.15, 0.2) is 0 Å². The highest BCUT2D eigenvalue weighted by atomic mass is 19.1. The first-order valence-corrected chi connectivity index (χ1v) is 7.20. The lowest BCUT2D eigenvalue weighted by atomic mass is 9.90. The molecule has 3 heteroatoms. The van der Waals surface area contributed by atoms with Crippen molar-refractivity contribution < 1.29 is 4.39 Å². The van der Waals surface area contributed by atoms with E-state index >= 15 is 0 Å². The van der Waals surface area contributed by atoms with Crippen LogP contribution in [0.5, 0.6) is 0 Å². The van der Waals surface area contributed by atoms with E-state index in [4.69, 9.17) is 5.73 Å². The van der Waals surface area contributed by atoms with Crippen molar-refractivity contribution in [2.75, 3.05) is 18.5 Å². The molecule has 1 atom stereocenters. The molecular weight excluding hydrogens is 263 g/mol. The maximum Gasteiger partial charge on any atom is 0.123 e. The minimum atomic E-state index is -0.217. The minimum Gasteiger partial charge on any atom is -0.368 e. The second-order valence-corrected chi connectivity index (χ2v) is 5.90. The molecule has 0 radical (unpaired) electrons. The Balaban J connectivity index is 2.25. The van der Waals surface area contributed by atoms with Crippen LogP contribution >= 0.6 is 0 Å². The van der Waals surface area contributed by atoms with E-state index in [9.17, 15) is 4.39 Å². The molecule has 0 saturated heterocycles. The van der Waals surface area contributed by atoms with Crippen molar-refractivity contribution in [3.05, 3.63) is 65.5 Å². The molecule has 0 fully saturated rings. The minimum absolute atomic E-state index is 0.208. The summed E-state index contributed by atoms with van der Waals surface area (Å²) >= 11 is 0. The number of anilines is 1. The van der Waals surface area contributed by atoms with Crippen LogP contribution in [-0.2, 0) is 6.42 Å². The molecular formula is C18H23FN2. The Kier molecular flexibility index (Phi) is 4.63. The van der Waals surface area contributed by atoms with Crippen molar-refractivity contribution in [1.29, 1.82) is 0 Å². The number of likely N-dealkylation sites (N-methyl/N-ethyl adjacent to an activating group) is 1. The standard InChI is InChI=1S/C18H23FN2/c1-14-5-4-6-17(11-14)21(3)18(2,13-20)12-15-7-9-16(19)10-8-15/h4-11H,12-13,20H2,1-3H3. The Hall–Kier alpha value is -1.87. The predicted molar refractivity (Wildman–Crippen MR) is 87.1 cm³/mol. The molecule has 2 rings (SSSR count). The maximum absolute atomic E-state index is 13.0.